The molecular weight excluding hydrogens is 274 g/mol. The lowest BCUT2D eigenvalue weighted by molar-refractivity contribution is -0.143. The molecule has 0 bridgehead atoms. The van der Waals surface area contributed by atoms with E-state index >= 15 is 0 Å². The summed E-state index contributed by atoms with van der Waals surface area (Å²) in [6.07, 6.45) is -7.77. The minimum atomic E-state index is -4.95. The highest BCUT2D eigenvalue weighted by Gasteiger charge is 2.37. The number of hydrogen-bond acceptors (Lipinski definition) is 1. The third kappa shape index (κ3) is 3.84. The first kappa shape index (κ1) is 15.3. The molecule has 0 aliphatic rings. The van der Waals surface area contributed by atoms with Crippen LogP contribution in [0.4, 0.5) is 26.3 Å². The van der Waals surface area contributed by atoms with Crippen LogP contribution in [0.5, 0.6) is 0 Å². The predicted molar refractivity (Wildman–Crippen MR) is 55.6 cm³/mol. The number of carbonyl (C=O) groups is 1. The van der Waals surface area contributed by atoms with Gasteiger partial charge in [-0.2, -0.15) is 26.3 Å². The van der Waals surface area contributed by atoms with E-state index in [4.69, 9.17) is 0 Å². The van der Waals surface area contributed by atoms with Crippen LogP contribution < -0.4 is 0 Å². The molecule has 0 aliphatic carbocycles. The number of rotatable bonds is 2. The molecule has 0 radical (unpaired) electrons. The molecule has 1 aromatic rings. The molecule has 0 aromatic heterocycles. The van der Waals surface area contributed by atoms with Gasteiger partial charge in [-0.1, -0.05) is 6.08 Å². The molecule has 0 spiro atoms. The maximum atomic E-state index is 12.5. The molecule has 0 amide bonds. The molecule has 1 rings (SSSR count). The first-order valence-electron chi connectivity index (χ1n) is 5.02. The van der Waals surface area contributed by atoms with E-state index < -0.39 is 34.8 Å². The van der Waals surface area contributed by atoms with Crippen molar-refractivity contribution in [2.24, 2.45) is 0 Å². The molecule has 104 valence electrons. The van der Waals surface area contributed by atoms with Crippen molar-refractivity contribution in [2.45, 2.75) is 19.3 Å². The molecule has 0 N–H and O–H groups in total. The van der Waals surface area contributed by atoms with E-state index in [-0.39, 0.29) is 6.07 Å². The minimum Gasteiger partial charge on any atom is -0.289 e. The van der Waals surface area contributed by atoms with Gasteiger partial charge in [0.25, 0.3) is 0 Å². The fourth-order valence-corrected chi connectivity index (χ4v) is 1.34. The molecule has 0 saturated heterocycles. The summed E-state index contributed by atoms with van der Waals surface area (Å²) in [5.74, 6) is -0.918. The molecule has 0 unspecified atom stereocenters. The lowest BCUT2D eigenvalue weighted by atomic mass is 10.0. The Kier molecular flexibility index (Phi) is 4.07. The quantitative estimate of drug-likeness (QED) is 0.444. The molecule has 0 aliphatic heterocycles. The largest absolute Gasteiger partial charge is 0.416 e. The molecule has 0 heterocycles. The van der Waals surface area contributed by atoms with E-state index in [0.29, 0.717) is 12.1 Å². The lowest BCUT2D eigenvalue weighted by Crippen LogP contribution is -2.13. The topological polar surface area (TPSA) is 17.1 Å². The fourth-order valence-electron chi connectivity index (χ4n) is 1.34. The first-order valence-corrected chi connectivity index (χ1v) is 5.02. The van der Waals surface area contributed by atoms with Gasteiger partial charge in [0.05, 0.1) is 11.1 Å². The zero-order valence-corrected chi connectivity index (χ0v) is 9.56. The molecule has 7 heteroatoms. The van der Waals surface area contributed by atoms with Crippen LogP contribution >= 0.6 is 0 Å². The van der Waals surface area contributed by atoms with Crippen LogP contribution in [0.15, 0.2) is 30.4 Å². The van der Waals surface area contributed by atoms with Crippen LogP contribution in [0.3, 0.4) is 0 Å². The highest BCUT2D eigenvalue weighted by atomic mass is 19.4. The normalized spacial score (nSPS) is 13.0. The molecule has 1 nitrogen and oxygen atoms in total. The molecule has 0 fully saturated rings. The molecular formula is C12H8F6O. The Morgan fingerprint density at radius 3 is 1.68 bits per heavy atom. The van der Waals surface area contributed by atoms with Crippen LogP contribution in [-0.4, -0.2) is 5.78 Å². The van der Waals surface area contributed by atoms with Crippen molar-refractivity contribution >= 4 is 5.78 Å². The number of ketones is 1. The van der Waals surface area contributed by atoms with Gasteiger partial charge in [-0.3, -0.25) is 4.79 Å². The van der Waals surface area contributed by atoms with Crippen LogP contribution in [0, 0.1) is 0 Å². The maximum Gasteiger partial charge on any atom is 0.416 e. The molecule has 19 heavy (non-hydrogen) atoms. The Balaban J connectivity index is 3.45. The number of benzene rings is 1. The van der Waals surface area contributed by atoms with Crippen LogP contribution in [0.1, 0.15) is 28.4 Å². The summed E-state index contributed by atoms with van der Waals surface area (Å²) in [7, 11) is 0. The number of alkyl halides is 6. The van der Waals surface area contributed by atoms with Gasteiger partial charge in [0.1, 0.15) is 0 Å². The summed E-state index contributed by atoms with van der Waals surface area (Å²) < 4.78 is 74.9. The third-order valence-corrected chi connectivity index (χ3v) is 2.19. The van der Waals surface area contributed by atoms with Gasteiger partial charge in [0.15, 0.2) is 5.78 Å². The zero-order valence-electron chi connectivity index (χ0n) is 9.56. The summed E-state index contributed by atoms with van der Waals surface area (Å²) in [6, 6.07) is 0.779. The standard InChI is InChI=1S/C12H8F6O/c1-2-3-10(19)7-4-8(11(13,14)15)6-9(5-7)12(16,17)18/h2-6H,1H3/b3-2+. The van der Waals surface area contributed by atoms with Crippen LogP contribution in [0.2, 0.25) is 0 Å². The van der Waals surface area contributed by atoms with Crippen LogP contribution in [0.25, 0.3) is 0 Å². The Labute approximate surface area is 104 Å². The van der Waals surface area contributed by atoms with E-state index in [9.17, 15) is 31.1 Å². The van der Waals surface area contributed by atoms with E-state index in [1.54, 1.807) is 0 Å². The van der Waals surface area contributed by atoms with Crippen LogP contribution in [-0.2, 0) is 12.4 Å². The van der Waals surface area contributed by atoms with Gasteiger partial charge >= 0.3 is 12.4 Å². The van der Waals surface area contributed by atoms with Gasteiger partial charge in [-0.05, 0) is 31.2 Å². The Hall–Kier alpha value is -1.79. The van der Waals surface area contributed by atoms with Crippen molar-refractivity contribution in [3.63, 3.8) is 0 Å². The summed E-state index contributed by atoms with van der Waals surface area (Å²) in [6.45, 7) is 1.43. The van der Waals surface area contributed by atoms with E-state index in [1.807, 2.05) is 0 Å². The number of hydrogen-bond donors (Lipinski definition) is 0. The smallest absolute Gasteiger partial charge is 0.289 e. The monoisotopic (exact) mass is 282 g/mol. The van der Waals surface area contributed by atoms with Crippen molar-refractivity contribution in [2.75, 3.05) is 0 Å². The van der Waals surface area contributed by atoms with Gasteiger partial charge in [-0.15, -0.1) is 0 Å². The first-order chi connectivity index (χ1) is 8.55. The predicted octanol–water partition coefficient (Wildman–Crippen LogP) is 4.48. The zero-order chi connectivity index (χ0) is 14.8. The summed E-state index contributed by atoms with van der Waals surface area (Å²) in [5, 5.41) is 0. The highest BCUT2D eigenvalue weighted by Crippen LogP contribution is 2.36. The molecule has 0 saturated carbocycles. The highest BCUT2D eigenvalue weighted by molar-refractivity contribution is 6.04. The van der Waals surface area contributed by atoms with Crippen molar-refractivity contribution in [1.29, 1.82) is 0 Å². The third-order valence-electron chi connectivity index (χ3n) is 2.19. The number of allylic oxidation sites excluding steroid dienone is 2. The van der Waals surface area contributed by atoms with Gasteiger partial charge in [0, 0.05) is 5.56 Å². The van der Waals surface area contributed by atoms with E-state index in [0.717, 1.165) is 6.08 Å². The molecule has 1 aromatic carbocycles. The second-order valence-corrected chi connectivity index (χ2v) is 3.66. The average molecular weight is 282 g/mol. The lowest BCUT2D eigenvalue weighted by Gasteiger charge is -2.13. The van der Waals surface area contributed by atoms with Gasteiger partial charge in [-0.25, -0.2) is 0 Å². The van der Waals surface area contributed by atoms with Gasteiger partial charge < -0.3 is 0 Å². The SMILES string of the molecule is C/C=C/C(=O)c1cc(C(F)(F)F)cc(C(F)(F)F)c1. The maximum absolute atomic E-state index is 12.5. The molecule has 0 atom stereocenters. The van der Waals surface area contributed by atoms with Gasteiger partial charge in [0.2, 0.25) is 0 Å². The minimum absolute atomic E-state index is 0.0214. The summed E-state index contributed by atoms with van der Waals surface area (Å²) >= 11 is 0. The van der Waals surface area contributed by atoms with E-state index in [2.05, 4.69) is 0 Å². The van der Waals surface area contributed by atoms with Crippen molar-refractivity contribution < 1.29 is 31.1 Å². The Bertz CT molecular complexity index is 478. The second-order valence-electron chi connectivity index (χ2n) is 3.66. The Morgan fingerprint density at radius 1 is 0.947 bits per heavy atom. The fraction of sp³-hybridized carbons (Fsp3) is 0.250. The van der Waals surface area contributed by atoms with Crippen molar-refractivity contribution in [1.82, 2.24) is 0 Å². The van der Waals surface area contributed by atoms with E-state index in [1.165, 1.54) is 13.0 Å². The Morgan fingerprint density at radius 2 is 1.37 bits per heavy atom. The summed E-state index contributed by atoms with van der Waals surface area (Å²) in [5.41, 5.74) is -3.66. The van der Waals surface area contributed by atoms with Crippen molar-refractivity contribution in [3.8, 4) is 0 Å². The van der Waals surface area contributed by atoms with Crippen molar-refractivity contribution in [3.05, 3.63) is 47.0 Å². The summed E-state index contributed by atoms with van der Waals surface area (Å²) in [4.78, 5) is 11.4. The average Bonchev–Trinajstić information content (AvgIpc) is 2.26. The second kappa shape index (κ2) is 5.07. The number of carbonyl (C=O) groups excluding carboxylic acids is 1. The number of halogens is 6.